The Bertz CT molecular complexity index is 823. The molecular weight excluding hydrogens is 270 g/mol. The van der Waals surface area contributed by atoms with Gasteiger partial charge in [0, 0.05) is 18.4 Å². The fourth-order valence-corrected chi connectivity index (χ4v) is 2.95. The van der Waals surface area contributed by atoms with Gasteiger partial charge < -0.3 is 4.84 Å². The highest BCUT2D eigenvalue weighted by molar-refractivity contribution is 6.04. The molecule has 1 heterocycles. The molecule has 0 aliphatic carbocycles. The van der Waals surface area contributed by atoms with Gasteiger partial charge in [0.25, 0.3) is 0 Å². The number of rotatable bonds is 3. The Morgan fingerprint density at radius 1 is 0.864 bits per heavy atom. The van der Waals surface area contributed by atoms with Crippen LogP contribution in [0, 0.1) is 0 Å². The van der Waals surface area contributed by atoms with Gasteiger partial charge in [-0.05, 0) is 22.4 Å². The van der Waals surface area contributed by atoms with E-state index in [1.54, 1.807) is 0 Å². The van der Waals surface area contributed by atoms with Crippen molar-refractivity contribution in [3.63, 3.8) is 0 Å². The van der Waals surface area contributed by atoms with Gasteiger partial charge in [0.15, 0.2) is 0 Å². The minimum Gasteiger partial charge on any atom is -0.391 e. The van der Waals surface area contributed by atoms with Gasteiger partial charge in [0.1, 0.15) is 6.10 Å². The maximum absolute atomic E-state index is 5.62. The van der Waals surface area contributed by atoms with Crippen molar-refractivity contribution in [2.45, 2.75) is 18.9 Å². The monoisotopic (exact) mass is 287 g/mol. The van der Waals surface area contributed by atoms with Crippen LogP contribution in [0.2, 0.25) is 0 Å². The lowest BCUT2D eigenvalue weighted by Gasteiger charge is -2.07. The first-order valence-electron chi connectivity index (χ1n) is 7.64. The number of hydrogen-bond acceptors (Lipinski definition) is 2. The molecule has 0 saturated heterocycles. The van der Waals surface area contributed by atoms with Gasteiger partial charge in [-0.3, -0.25) is 0 Å². The van der Waals surface area contributed by atoms with Crippen LogP contribution in [-0.4, -0.2) is 11.8 Å². The smallest absolute Gasteiger partial charge is 0.137 e. The molecule has 3 aromatic carbocycles. The lowest BCUT2D eigenvalue weighted by Crippen LogP contribution is -2.11. The summed E-state index contributed by atoms with van der Waals surface area (Å²) < 4.78 is 0. The lowest BCUT2D eigenvalue weighted by atomic mass is 9.98. The van der Waals surface area contributed by atoms with E-state index in [0.717, 1.165) is 24.1 Å². The highest BCUT2D eigenvalue weighted by atomic mass is 16.6. The van der Waals surface area contributed by atoms with Crippen molar-refractivity contribution >= 4 is 16.5 Å². The predicted molar refractivity (Wildman–Crippen MR) is 90.1 cm³/mol. The molecule has 1 atom stereocenters. The maximum atomic E-state index is 5.62. The Morgan fingerprint density at radius 2 is 1.64 bits per heavy atom. The molecule has 3 aromatic rings. The van der Waals surface area contributed by atoms with Crippen molar-refractivity contribution in [1.29, 1.82) is 0 Å². The van der Waals surface area contributed by atoms with E-state index >= 15 is 0 Å². The molecule has 4 rings (SSSR count). The Labute approximate surface area is 130 Å². The fourth-order valence-electron chi connectivity index (χ4n) is 2.95. The van der Waals surface area contributed by atoms with Gasteiger partial charge in [-0.15, -0.1) is 0 Å². The Morgan fingerprint density at radius 3 is 2.50 bits per heavy atom. The second kappa shape index (κ2) is 5.64. The summed E-state index contributed by atoms with van der Waals surface area (Å²) >= 11 is 0. The summed E-state index contributed by atoms with van der Waals surface area (Å²) in [5.41, 5.74) is 3.50. The number of oxime groups is 1. The molecule has 0 unspecified atom stereocenters. The maximum Gasteiger partial charge on any atom is 0.137 e. The molecule has 2 heteroatoms. The second-order valence-electron chi connectivity index (χ2n) is 5.72. The average molecular weight is 287 g/mol. The zero-order valence-corrected chi connectivity index (χ0v) is 12.3. The van der Waals surface area contributed by atoms with Crippen LogP contribution < -0.4 is 0 Å². The Hall–Kier alpha value is -2.61. The summed E-state index contributed by atoms with van der Waals surface area (Å²) in [6.07, 6.45) is 1.91. The molecular formula is C20H17NO. The first-order chi connectivity index (χ1) is 10.9. The van der Waals surface area contributed by atoms with Crippen molar-refractivity contribution in [1.82, 2.24) is 0 Å². The summed E-state index contributed by atoms with van der Waals surface area (Å²) in [6.45, 7) is 0. The molecule has 0 bridgehead atoms. The second-order valence-corrected chi connectivity index (χ2v) is 5.72. The molecule has 0 saturated carbocycles. The lowest BCUT2D eigenvalue weighted by molar-refractivity contribution is 0.0859. The van der Waals surface area contributed by atoms with E-state index in [2.05, 4.69) is 71.9 Å². The summed E-state index contributed by atoms with van der Waals surface area (Å²) in [5, 5.41) is 6.81. The number of hydrogen-bond donors (Lipinski definition) is 0. The summed E-state index contributed by atoms with van der Waals surface area (Å²) in [6, 6.07) is 25.3. The summed E-state index contributed by atoms with van der Waals surface area (Å²) in [7, 11) is 0. The summed E-state index contributed by atoms with van der Waals surface area (Å²) in [5.74, 6) is 0. The Kier molecular flexibility index (Phi) is 3.36. The van der Waals surface area contributed by atoms with Crippen LogP contribution in [0.25, 0.3) is 10.8 Å². The van der Waals surface area contributed by atoms with Crippen molar-refractivity contribution in [2.75, 3.05) is 0 Å². The van der Waals surface area contributed by atoms with Gasteiger partial charge in [-0.2, -0.15) is 0 Å². The molecule has 0 spiro atoms. The van der Waals surface area contributed by atoms with E-state index in [0.29, 0.717) is 0 Å². The molecule has 2 nitrogen and oxygen atoms in total. The molecule has 0 amide bonds. The van der Waals surface area contributed by atoms with Gasteiger partial charge in [-0.1, -0.05) is 71.9 Å². The quantitative estimate of drug-likeness (QED) is 0.691. The molecule has 1 aliphatic heterocycles. The van der Waals surface area contributed by atoms with Crippen LogP contribution in [-0.2, 0) is 11.3 Å². The van der Waals surface area contributed by atoms with Gasteiger partial charge >= 0.3 is 0 Å². The third-order valence-electron chi connectivity index (χ3n) is 4.12. The molecule has 0 radical (unpaired) electrons. The van der Waals surface area contributed by atoms with Gasteiger partial charge in [-0.25, -0.2) is 0 Å². The highest BCUT2D eigenvalue weighted by Gasteiger charge is 2.22. The normalized spacial score (nSPS) is 17.3. The third kappa shape index (κ3) is 2.60. The van der Waals surface area contributed by atoms with Crippen molar-refractivity contribution in [3.8, 4) is 0 Å². The van der Waals surface area contributed by atoms with E-state index in [1.165, 1.54) is 16.3 Å². The molecule has 0 fully saturated rings. The molecule has 0 aromatic heterocycles. The minimum absolute atomic E-state index is 0.142. The number of fused-ring (bicyclic) bond motifs is 1. The largest absolute Gasteiger partial charge is 0.391 e. The summed E-state index contributed by atoms with van der Waals surface area (Å²) in [4.78, 5) is 5.62. The number of nitrogens with zero attached hydrogens (tertiary/aromatic N) is 1. The highest BCUT2D eigenvalue weighted by Crippen LogP contribution is 2.23. The fraction of sp³-hybridized carbons (Fsp3) is 0.150. The van der Waals surface area contributed by atoms with Crippen LogP contribution in [0.15, 0.2) is 78.0 Å². The molecule has 1 aliphatic rings. The third-order valence-corrected chi connectivity index (χ3v) is 4.12. The van der Waals surface area contributed by atoms with Crippen LogP contribution >= 0.6 is 0 Å². The predicted octanol–water partition coefficient (Wildman–Crippen LogP) is 4.58. The SMILES string of the molecule is c1ccc(C[C@H]2CC(c3ccc4ccccc4c3)=NO2)cc1. The first kappa shape index (κ1) is 13.1. The van der Waals surface area contributed by atoms with E-state index in [9.17, 15) is 0 Å². The van der Waals surface area contributed by atoms with Gasteiger partial charge in [0.05, 0.1) is 5.71 Å². The van der Waals surface area contributed by atoms with Crippen LogP contribution in [0.1, 0.15) is 17.5 Å². The van der Waals surface area contributed by atoms with Crippen molar-refractivity contribution in [2.24, 2.45) is 5.16 Å². The standard InChI is InChI=1S/C20H17NO/c1-2-6-15(7-3-1)12-19-14-20(21-22-19)18-11-10-16-8-4-5-9-17(16)13-18/h1-11,13,19H,12,14H2/t19-/m0/s1. The Balaban J connectivity index is 1.51. The van der Waals surface area contributed by atoms with Crippen molar-refractivity contribution < 1.29 is 4.84 Å². The first-order valence-corrected chi connectivity index (χ1v) is 7.64. The average Bonchev–Trinajstić information content (AvgIpc) is 3.04. The van der Waals surface area contributed by atoms with E-state index in [4.69, 9.17) is 4.84 Å². The zero-order chi connectivity index (χ0) is 14.8. The van der Waals surface area contributed by atoms with Crippen LogP contribution in [0.3, 0.4) is 0 Å². The van der Waals surface area contributed by atoms with E-state index < -0.39 is 0 Å². The topological polar surface area (TPSA) is 21.6 Å². The zero-order valence-electron chi connectivity index (χ0n) is 12.3. The van der Waals surface area contributed by atoms with Crippen LogP contribution in [0.5, 0.6) is 0 Å². The van der Waals surface area contributed by atoms with Crippen LogP contribution in [0.4, 0.5) is 0 Å². The van der Waals surface area contributed by atoms with Gasteiger partial charge in [0.2, 0.25) is 0 Å². The molecule has 22 heavy (non-hydrogen) atoms. The molecule has 0 N–H and O–H groups in total. The van der Waals surface area contributed by atoms with E-state index in [1.807, 2.05) is 6.07 Å². The van der Waals surface area contributed by atoms with E-state index in [-0.39, 0.29) is 6.10 Å². The minimum atomic E-state index is 0.142. The number of benzene rings is 3. The molecule has 108 valence electrons. The van der Waals surface area contributed by atoms with Crippen molar-refractivity contribution in [3.05, 3.63) is 83.9 Å².